The topological polar surface area (TPSA) is 103 Å². The van der Waals surface area contributed by atoms with Gasteiger partial charge in [-0.25, -0.2) is 8.42 Å². The molecule has 0 aliphatic carbocycles. The summed E-state index contributed by atoms with van der Waals surface area (Å²) in [5, 5.41) is 2.74. The van der Waals surface area contributed by atoms with E-state index < -0.39 is 10.0 Å². The fraction of sp³-hybridized carbons (Fsp3) is 0.316. The maximum Gasteiger partial charge on any atom is 0.261 e. The van der Waals surface area contributed by atoms with Gasteiger partial charge >= 0.3 is 0 Å². The van der Waals surface area contributed by atoms with Crippen LogP contribution in [-0.2, 0) is 26.0 Å². The van der Waals surface area contributed by atoms with Crippen molar-refractivity contribution in [2.45, 2.75) is 17.7 Å². The van der Waals surface area contributed by atoms with Gasteiger partial charge in [-0.2, -0.15) is 0 Å². The van der Waals surface area contributed by atoms with Crippen LogP contribution in [0.3, 0.4) is 0 Å². The highest BCUT2D eigenvalue weighted by Crippen LogP contribution is 2.32. The Bertz CT molecular complexity index is 974. The van der Waals surface area contributed by atoms with Crippen molar-refractivity contribution in [2.75, 3.05) is 37.5 Å². The summed E-state index contributed by atoms with van der Waals surface area (Å²) >= 11 is 0. The summed E-state index contributed by atoms with van der Waals surface area (Å²) in [4.78, 5) is 11.6. The van der Waals surface area contributed by atoms with E-state index in [9.17, 15) is 13.2 Å². The van der Waals surface area contributed by atoms with E-state index in [0.29, 0.717) is 48.9 Å². The average Bonchev–Trinajstić information content (AvgIpc) is 2.67. The first kappa shape index (κ1) is 20.0. The Morgan fingerprint density at radius 3 is 2.61 bits per heavy atom. The Morgan fingerprint density at radius 1 is 1.04 bits per heavy atom. The highest BCUT2D eigenvalue weighted by molar-refractivity contribution is 7.92. The predicted molar refractivity (Wildman–Crippen MR) is 105 cm³/mol. The van der Waals surface area contributed by atoms with Crippen LogP contribution in [0.4, 0.5) is 11.4 Å². The number of sulfonamides is 1. The van der Waals surface area contributed by atoms with Crippen LogP contribution in [-0.4, -0.2) is 41.8 Å². The van der Waals surface area contributed by atoms with Crippen molar-refractivity contribution in [1.29, 1.82) is 0 Å². The largest absolute Gasteiger partial charge is 0.493 e. The van der Waals surface area contributed by atoms with Crippen LogP contribution in [0.25, 0.3) is 0 Å². The fourth-order valence-corrected chi connectivity index (χ4v) is 3.93. The van der Waals surface area contributed by atoms with Crippen molar-refractivity contribution in [3.63, 3.8) is 0 Å². The van der Waals surface area contributed by atoms with E-state index in [1.807, 2.05) is 0 Å². The Kier molecular flexibility index (Phi) is 6.05. The van der Waals surface area contributed by atoms with Crippen molar-refractivity contribution >= 4 is 27.3 Å². The number of ether oxygens (including phenoxy) is 3. The van der Waals surface area contributed by atoms with Gasteiger partial charge in [0.2, 0.25) is 5.91 Å². The maximum absolute atomic E-state index is 12.8. The molecule has 2 N–H and O–H groups in total. The number of carbonyl (C=O) groups is 1. The van der Waals surface area contributed by atoms with Gasteiger partial charge in [-0.1, -0.05) is 0 Å². The number of nitrogens with one attached hydrogen (secondary N) is 2. The van der Waals surface area contributed by atoms with E-state index in [1.54, 1.807) is 37.4 Å². The minimum atomic E-state index is -3.81. The monoisotopic (exact) mass is 406 g/mol. The van der Waals surface area contributed by atoms with Crippen LogP contribution in [0, 0.1) is 0 Å². The number of hydrogen-bond acceptors (Lipinski definition) is 6. The summed E-state index contributed by atoms with van der Waals surface area (Å²) in [5.41, 5.74) is 1.79. The van der Waals surface area contributed by atoms with Gasteiger partial charge in [0.1, 0.15) is 6.61 Å². The number of benzene rings is 2. The molecule has 0 aromatic heterocycles. The minimum absolute atomic E-state index is 0.0690. The summed E-state index contributed by atoms with van der Waals surface area (Å²) in [6.45, 7) is 0.699. The van der Waals surface area contributed by atoms with E-state index in [0.717, 1.165) is 5.56 Å². The number of carbonyl (C=O) groups excluding carboxylic acids is 1. The second-order valence-corrected chi connectivity index (χ2v) is 7.86. The molecule has 150 valence electrons. The van der Waals surface area contributed by atoms with E-state index in [4.69, 9.17) is 14.2 Å². The number of fused-ring (bicyclic) bond motifs is 1. The molecule has 2 aromatic rings. The number of rotatable bonds is 8. The second kappa shape index (κ2) is 8.49. The lowest BCUT2D eigenvalue weighted by Gasteiger charge is -2.18. The van der Waals surface area contributed by atoms with Gasteiger partial charge in [0.25, 0.3) is 10.0 Å². The van der Waals surface area contributed by atoms with Crippen molar-refractivity contribution in [1.82, 2.24) is 0 Å². The van der Waals surface area contributed by atoms with Crippen molar-refractivity contribution in [3.05, 3.63) is 42.0 Å². The number of anilines is 2. The normalized spacial score (nSPS) is 13.4. The van der Waals surface area contributed by atoms with Gasteiger partial charge in [0.05, 0.1) is 24.3 Å². The van der Waals surface area contributed by atoms with Crippen LogP contribution in [0.1, 0.15) is 12.0 Å². The molecule has 0 unspecified atom stereocenters. The first-order valence-electron chi connectivity index (χ1n) is 8.68. The Balaban J connectivity index is 1.82. The summed E-state index contributed by atoms with van der Waals surface area (Å²) in [6, 6.07) is 9.43. The van der Waals surface area contributed by atoms with Gasteiger partial charge in [0, 0.05) is 25.3 Å². The minimum Gasteiger partial charge on any atom is -0.493 e. The summed E-state index contributed by atoms with van der Waals surface area (Å²) < 4.78 is 43.9. The molecule has 1 heterocycles. The Morgan fingerprint density at radius 2 is 1.86 bits per heavy atom. The van der Waals surface area contributed by atoms with E-state index in [2.05, 4.69) is 10.0 Å². The van der Waals surface area contributed by atoms with Crippen molar-refractivity contribution in [3.8, 4) is 11.5 Å². The zero-order valence-electron chi connectivity index (χ0n) is 15.7. The molecule has 0 fully saturated rings. The molecule has 0 atom stereocenters. The molecule has 9 heteroatoms. The molecular weight excluding hydrogens is 384 g/mol. The predicted octanol–water partition coefficient (Wildman–Crippen LogP) is 2.41. The van der Waals surface area contributed by atoms with Gasteiger partial charge in [-0.15, -0.1) is 0 Å². The van der Waals surface area contributed by atoms with Gasteiger partial charge in [0.15, 0.2) is 11.5 Å². The molecule has 1 aliphatic rings. The molecule has 8 nitrogen and oxygen atoms in total. The standard InChI is InChI=1S/C19H22N2O6S/c1-25-9-10-27-18-12-14(4-7-17(18)26-2)21-28(23,24)15-5-6-16-13(11-15)3-8-19(22)20-16/h4-7,11-12,21H,3,8-10H2,1-2H3,(H,20,22). The lowest BCUT2D eigenvalue weighted by Crippen LogP contribution is -2.20. The Hall–Kier alpha value is -2.78. The first-order valence-corrected chi connectivity index (χ1v) is 10.2. The third kappa shape index (κ3) is 4.55. The summed E-state index contributed by atoms with van der Waals surface area (Å²) in [6.07, 6.45) is 0.842. The van der Waals surface area contributed by atoms with Crippen LogP contribution in [0.2, 0.25) is 0 Å². The summed E-state index contributed by atoms with van der Waals surface area (Å²) in [7, 11) is -0.733. The molecule has 1 amide bonds. The molecule has 0 spiro atoms. The molecule has 0 saturated carbocycles. The third-order valence-electron chi connectivity index (χ3n) is 4.24. The highest BCUT2D eigenvalue weighted by Gasteiger charge is 2.20. The summed E-state index contributed by atoms with van der Waals surface area (Å²) in [5.74, 6) is 0.831. The zero-order chi connectivity index (χ0) is 20.1. The van der Waals surface area contributed by atoms with Crippen molar-refractivity contribution in [2.24, 2.45) is 0 Å². The number of amides is 1. The van der Waals surface area contributed by atoms with Crippen LogP contribution in [0.5, 0.6) is 11.5 Å². The first-order chi connectivity index (χ1) is 13.4. The van der Waals surface area contributed by atoms with Crippen LogP contribution < -0.4 is 19.5 Å². The Labute approximate surface area is 163 Å². The number of hydrogen-bond donors (Lipinski definition) is 2. The molecule has 2 aromatic carbocycles. The van der Waals surface area contributed by atoms with Crippen LogP contribution in [0.15, 0.2) is 41.3 Å². The van der Waals surface area contributed by atoms with E-state index in [-0.39, 0.29) is 10.8 Å². The molecule has 28 heavy (non-hydrogen) atoms. The molecule has 0 saturated heterocycles. The van der Waals surface area contributed by atoms with E-state index >= 15 is 0 Å². The van der Waals surface area contributed by atoms with Crippen molar-refractivity contribution < 1.29 is 27.4 Å². The SMILES string of the molecule is COCCOc1cc(NS(=O)(=O)c2ccc3c(c2)CCC(=O)N3)ccc1OC. The lowest BCUT2D eigenvalue weighted by atomic mass is 10.0. The molecule has 1 aliphatic heterocycles. The van der Waals surface area contributed by atoms with E-state index in [1.165, 1.54) is 13.2 Å². The van der Waals surface area contributed by atoms with Gasteiger partial charge < -0.3 is 19.5 Å². The molecular formula is C19H22N2O6S. The average molecular weight is 406 g/mol. The zero-order valence-corrected chi connectivity index (χ0v) is 16.5. The fourth-order valence-electron chi connectivity index (χ4n) is 2.83. The molecule has 0 bridgehead atoms. The maximum atomic E-state index is 12.8. The van der Waals surface area contributed by atoms with Gasteiger partial charge in [-0.05, 0) is 42.3 Å². The lowest BCUT2D eigenvalue weighted by molar-refractivity contribution is -0.116. The van der Waals surface area contributed by atoms with Crippen LogP contribution >= 0.6 is 0 Å². The molecule has 0 radical (unpaired) electrons. The second-order valence-electron chi connectivity index (χ2n) is 6.18. The molecule has 3 rings (SSSR count). The number of methoxy groups -OCH3 is 2. The smallest absolute Gasteiger partial charge is 0.261 e. The third-order valence-corrected chi connectivity index (χ3v) is 5.62. The number of aryl methyl sites for hydroxylation is 1. The van der Waals surface area contributed by atoms with Gasteiger partial charge in [-0.3, -0.25) is 9.52 Å². The highest BCUT2D eigenvalue weighted by atomic mass is 32.2. The quantitative estimate of drug-likeness (QED) is 0.653.